The Kier molecular flexibility index (Phi) is 7.63. The molecule has 39 heavy (non-hydrogen) atoms. The van der Waals surface area contributed by atoms with Crippen molar-refractivity contribution in [3.05, 3.63) is 123 Å². The van der Waals surface area contributed by atoms with Crippen LogP contribution in [0.1, 0.15) is 38.5 Å². The van der Waals surface area contributed by atoms with E-state index in [9.17, 15) is 19.6 Å². The Morgan fingerprint density at radius 3 is 2.05 bits per heavy atom. The summed E-state index contributed by atoms with van der Waals surface area (Å²) in [5.74, 6) is -3.16. The number of hydrogen-bond acceptors (Lipinski definition) is 8. The van der Waals surface area contributed by atoms with Crippen molar-refractivity contribution in [2.45, 2.75) is 19.8 Å². The van der Waals surface area contributed by atoms with E-state index < -0.39 is 17.9 Å². The normalized spacial score (nSPS) is 15.1. The van der Waals surface area contributed by atoms with Gasteiger partial charge in [-0.2, -0.15) is 5.26 Å². The number of nitriles is 1. The lowest BCUT2D eigenvalue weighted by Gasteiger charge is -2.36. The maximum atomic E-state index is 13.8. The molecule has 0 saturated heterocycles. The molecule has 0 spiro atoms. The van der Waals surface area contributed by atoms with Gasteiger partial charge >= 0.3 is 11.9 Å². The second kappa shape index (κ2) is 11.1. The number of nitrogens with two attached hydrogens (primary N) is 1. The Morgan fingerprint density at radius 2 is 1.46 bits per heavy atom. The van der Waals surface area contributed by atoms with Gasteiger partial charge in [-0.3, -0.25) is 9.69 Å². The molecule has 0 aromatic heterocycles. The molecule has 0 fully saturated rings. The average molecular weight is 522 g/mol. The molecule has 8 heteroatoms. The molecule has 2 N–H and O–H groups in total. The number of carbonyl (C=O) groups excluding carboxylic acids is 3. The molecular formula is C31H27N3O5. The van der Waals surface area contributed by atoms with Gasteiger partial charge in [0.2, 0.25) is 0 Å². The Balaban J connectivity index is 2.05. The van der Waals surface area contributed by atoms with Crippen LogP contribution in [0.3, 0.4) is 0 Å². The highest BCUT2D eigenvalue weighted by atomic mass is 16.5. The van der Waals surface area contributed by atoms with Crippen LogP contribution in [-0.4, -0.2) is 31.9 Å². The number of para-hydroxylation sites is 1. The van der Waals surface area contributed by atoms with Gasteiger partial charge in [-0.15, -0.1) is 0 Å². The van der Waals surface area contributed by atoms with Crippen LogP contribution in [0, 0.1) is 25.2 Å². The molecule has 1 aliphatic heterocycles. The zero-order valence-electron chi connectivity index (χ0n) is 22.0. The van der Waals surface area contributed by atoms with E-state index >= 15 is 0 Å². The van der Waals surface area contributed by atoms with Crippen molar-refractivity contribution >= 4 is 23.4 Å². The lowest BCUT2D eigenvalue weighted by Crippen LogP contribution is -2.41. The van der Waals surface area contributed by atoms with Crippen molar-refractivity contribution < 1.29 is 23.9 Å². The van der Waals surface area contributed by atoms with Gasteiger partial charge in [-0.05, 0) is 43.7 Å². The maximum absolute atomic E-state index is 13.8. The highest BCUT2D eigenvalue weighted by molar-refractivity contribution is 6.14. The number of anilines is 1. The molecular weight excluding hydrogens is 494 g/mol. The molecule has 1 aliphatic rings. The van der Waals surface area contributed by atoms with Crippen molar-refractivity contribution in [2.24, 2.45) is 5.73 Å². The first kappa shape index (κ1) is 26.9. The molecule has 8 nitrogen and oxygen atoms in total. The van der Waals surface area contributed by atoms with E-state index in [0.717, 1.165) is 11.1 Å². The van der Waals surface area contributed by atoms with Gasteiger partial charge < -0.3 is 15.2 Å². The number of allylic oxidation sites excluding steroid dienone is 1. The molecule has 0 radical (unpaired) electrons. The molecule has 3 aromatic carbocycles. The van der Waals surface area contributed by atoms with E-state index in [4.69, 9.17) is 15.2 Å². The number of methoxy groups -OCH3 is 2. The summed E-state index contributed by atoms with van der Waals surface area (Å²) in [6.45, 7) is 3.79. The second-order valence-corrected chi connectivity index (χ2v) is 9.06. The van der Waals surface area contributed by atoms with Gasteiger partial charge in [-0.1, -0.05) is 59.7 Å². The maximum Gasteiger partial charge on any atom is 0.355 e. The van der Waals surface area contributed by atoms with Gasteiger partial charge in [0.05, 0.1) is 43.0 Å². The zero-order valence-corrected chi connectivity index (χ0v) is 22.0. The third kappa shape index (κ3) is 4.90. The van der Waals surface area contributed by atoms with Gasteiger partial charge in [-0.25, -0.2) is 9.59 Å². The van der Waals surface area contributed by atoms with Crippen molar-refractivity contribution in [2.75, 3.05) is 19.1 Å². The third-order valence-corrected chi connectivity index (χ3v) is 6.48. The van der Waals surface area contributed by atoms with Crippen molar-refractivity contribution in [1.29, 1.82) is 5.26 Å². The summed E-state index contributed by atoms with van der Waals surface area (Å²) >= 11 is 0. The number of ether oxygens (including phenoxy) is 2. The van der Waals surface area contributed by atoms with Gasteiger partial charge in [0, 0.05) is 11.1 Å². The molecule has 0 aliphatic carbocycles. The Morgan fingerprint density at radius 1 is 0.872 bits per heavy atom. The fourth-order valence-electron chi connectivity index (χ4n) is 4.89. The highest BCUT2D eigenvalue weighted by Gasteiger charge is 2.43. The minimum absolute atomic E-state index is 0.0166. The minimum atomic E-state index is -1.00. The third-order valence-electron chi connectivity index (χ3n) is 6.48. The van der Waals surface area contributed by atoms with E-state index in [0.29, 0.717) is 11.1 Å². The van der Waals surface area contributed by atoms with Crippen LogP contribution in [0.15, 0.2) is 95.5 Å². The monoisotopic (exact) mass is 521 g/mol. The van der Waals surface area contributed by atoms with E-state index in [1.165, 1.54) is 19.1 Å². The van der Waals surface area contributed by atoms with E-state index in [1.54, 1.807) is 66.7 Å². The van der Waals surface area contributed by atoms with Crippen LogP contribution in [0.25, 0.3) is 0 Å². The van der Waals surface area contributed by atoms with E-state index in [1.807, 2.05) is 19.9 Å². The largest absolute Gasteiger partial charge is 0.466 e. The van der Waals surface area contributed by atoms with Gasteiger partial charge in [0.1, 0.15) is 11.5 Å². The highest BCUT2D eigenvalue weighted by Crippen LogP contribution is 2.44. The summed E-state index contributed by atoms with van der Waals surface area (Å²) in [6.07, 6.45) is 0. The number of esters is 2. The number of nitrogens with zero attached hydrogens (tertiary/aromatic N) is 2. The fraction of sp³-hybridized carbons (Fsp3) is 0.161. The zero-order chi connectivity index (χ0) is 28.3. The number of aryl methyl sites for hydroxylation is 2. The van der Waals surface area contributed by atoms with Crippen LogP contribution in [-0.2, 0) is 19.1 Å². The van der Waals surface area contributed by atoms with Gasteiger partial charge in [0.25, 0.3) is 0 Å². The predicted octanol–water partition coefficient (Wildman–Crippen LogP) is 4.43. The number of rotatable bonds is 6. The molecule has 1 heterocycles. The van der Waals surface area contributed by atoms with Crippen LogP contribution >= 0.6 is 0 Å². The summed E-state index contributed by atoms with van der Waals surface area (Å²) in [5.41, 5.74) is 9.50. The topological polar surface area (TPSA) is 123 Å². The molecule has 3 aromatic rings. The average Bonchev–Trinajstić information content (AvgIpc) is 2.95. The predicted molar refractivity (Wildman–Crippen MR) is 145 cm³/mol. The first-order valence-corrected chi connectivity index (χ1v) is 12.1. The molecule has 4 rings (SSSR count). The van der Waals surface area contributed by atoms with Crippen LogP contribution in [0.4, 0.5) is 5.69 Å². The van der Waals surface area contributed by atoms with E-state index in [2.05, 4.69) is 6.07 Å². The molecule has 0 bridgehead atoms. The number of benzene rings is 3. The fourth-order valence-corrected chi connectivity index (χ4v) is 4.89. The van der Waals surface area contributed by atoms with Crippen molar-refractivity contribution in [3.8, 4) is 6.07 Å². The van der Waals surface area contributed by atoms with Crippen LogP contribution in [0.2, 0.25) is 0 Å². The first-order chi connectivity index (χ1) is 18.7. The smallest absolute Gasteiger partial charge is 0.355 e. The molecule has 0 saturated carbocycles. The van der Waals surface area contributed by atoms with E-state index in [-0.39, 0.29) is 39.7 Å². The Labute approximate surface area is 226 Å². The summed E-state index contributed by atoms with van der Waals surface area (Å²) < 4.78 is 10.2. The first-order valence-electron chi connectivity index (χ1n) is 12.1. The van der Waals surface area contributed by atoms with Gasteiger partial charge in [0.15, 0.2) is 5.78 Å². The minimum Gasteiger partial charge on any atom is -0.466 e. The van der Waals surface area contributed by atoms with Crippen molar-refractivity contribution in [3.63, 3.8) is 0 Å². The standard InChI is InChI=1S/C31H27N3O5/c1-18-14-19(2)16-21(15-18)28(35)22-12-8-9-13-24(22)34-27(31(37)39-4)26(30(36)38-3)25(23(17-32)29(34)33)20-10-6-5-7-11-20/h5-16,25H,33H2,1-4H3. The second-order valence-electron chi connectivity index (χ2n) is 9.06. The lowest BCUT2D eigenvalue weighted by atomic mass is 9.80. The summed E-state index contributed by atoms with van der Waals surface area (Å²) in [6, 6.07) is 22.9. The van der Waals surface area contributed by atoms with Crippen molar-refractivity contribution in [1.82, 2.24) is 0 Å². The summed E-state index contributed by atoms with van der Waals surface area (Å²) in [4.78, 5) is 41.7. The number of ketones is 1. The SMILES string of the molecule is COC(=O)C1=C(C(=O)OC)N(c2ccccc2C(=O)c2cc(C)cc(C)c2)C(N)=C(C#N)C1c1ccccc1. The van der Waals surface area contributed by atoms with Crippen LogP contribution < -0.4 is 10.6 Å². The number of carbonyl (C=O) groups is 3. The molecule has 196 valence electrons. The Hall–Kier alpha value is -5.16. The summed E-state index contributed by atoms with van der Waals surface area (Å²) in [5, 5.41) is 10.3. The Bertz CT molecular complexity index is 1560. The molecule has 1 atom stereocenters. The molecule has 1 unspecified atom stereocenters. The van der Waals surface area contributed by atoms with Crippen LogP contribution in [0.5, 0.6) is 0 Å². The summed E-state index contributed by atoms with van der Waals surface area (Å²) in [7, 11) is 2.36. The lowest BCUT2D eigenvalue weighted by molar-refractivity contribution is -0.139. The molecule has 0 amide bonds. The number of hydrogen-bond donors (Lipinski definition) is 1. The quantitative estimate of drug-likeness (QED) is 0.373.